The molecule has 3 heterocycles. The third-order valence-corrected chi connectivity index (χ3v) is 6.90. The van der Waals surface area contributed by atoms with Crippen molar-refractivity contribution in [1.29, 1.82) is 0 Å². The minimum atomic E-state index is 0.0439. The summed E-state index contributed by atoms with van der Waals surface area (Å²) in [5, 5.41) is 0. The summed E-state index contributed by atoms with van der Waals surface area (Å²) in [5.41, 5.74) is 6.00. The number of aromatic nitrogens is 1. The molecule has 5 rings (SSSR count). The maximum atomic E-state index is 13.7. The Labute approximate surface area is 206 Å². The minimum absolute atomic E-state index is 0.0439. The van der Waals surface area contributed by atoms with Crippen LogP contribution in [0.3, 0.4) is 0 Å². The number of hydrogen-bond acceptors (Lipinski definition) is 4. The quantitative estimate of drug-likeness (QED) is 0.383. The van der Waals surface area contributed by atoms with E-state index >= 15 is 0 Å². The fourth-order valence-electron chi connectivity index (χ4n) is 4.82. The fourth-order valence-corrected chi connectivity index (χ4v) is 4.82. The number of nitrogens with zero attached hydrogens (tertiary/aromatic N) is 3. The molecule has 0 saturated carbocycles. The number of carbonyl (C=O) groups is 1. The lowest BCUT2D eigenvalue weighted by molar-refractivity contribution is 0.0736. The minimum Gasteiger partial charge on any atom is -0.495 e. The van der Waals surface area contributed by atoms with Crippen molar-refractivity contribution in [3.05, 3.63) is 83.7 Å². The van der Waals surface area contributed by atoms with Gasteiger partial charge in [-0.2, -0.15) is 0 Å². The number of para-hydroxylation sites is 2. The number of carbonyl (C=O) groups excluding carboxylic acids is 1. The Kier molecular flexibility index (Phi) is 6.05. The number of hydrogen-bond donors (Lipinski definition) is 0. The van der Waals surface area contributed by atoms with Gasteiger partial charge < -0.3 is 23.5 Å². The van der Waals surface area contributed by atoms with Crippen molar-refractivity contribution in [3.63, 3.8) is 0 Å². The van der Waals surface area contributed by atoms with Crippen LogP contribution in [0.1, 0.15) is 42.4 Å². The maximum Gasteiger partial charge on any atom is 0.270 e. The number of methoxy groups -OCH3 is 1. The zero-order valence-corrected chi connectivity index (χ0v) is 21.0. The normalized spacial score (nSPS) is 14.5. The molecule has 6 heteroatoms. The van der Waals surface area contributed by atoms with E-state index in [9.17, 15) is 4.79 Å². The molecular formula is C29H33N3O3. The lowest BCUT2D eigenvalue weighted by Crippen LogP contribution is -2.49. The van der Waals surface area contributed by atoms with Gasteiger partial charge >= 0.3 is 0 Å². The molecule has 1 fully saturated rings. The Morgan fingerprint density at radius 3 is 2.37 bits per heavy atom. The molecule has 35 heavy (non-hydrogen) atoms. The fraction of sp³-hybridized carbons (Fsp3) is 0.345. The second-order valence-corrected chi connectivity index (χ2v) is 10.2. The maximum absolute atomic E-state index is 13.7. The van der Waals surface area contributed by atoms with Crippen LogP contribution in [-0.2, 0) is 12.0 Å². The molecule has 6 nitrogen and oxygen atoms in total. The topological polar surface area (TPSA) is 50.9 Å². The molecule has 0 unspecified atom stereocenters. The van der Waals surface area contributed by atoms with Crippen LogP contribution in [0.25, 0.3) is 11.1 Å². The molecule has 0 spiro atoms. The summed E-state index contributed by atoms with van der Waals surface area (Å²) in [4.78, 5) is 17.9. The Hall–Kier alpha value is -3.67. The number of rotatable bonds is 5. The summed E-state index contributed by atoms with van der Waals surface area (Å²) >= 11 is 0. The van der Waals surface area contributed by atoms with E-state index in [2.05, 4.69) is 60.6 Å². The molecule has 2 aromatic carbocycles. The van der Waals surface area contributed by atoms with Crippen LogP contribution in [-0.4, -0.2) is 48.7 Å². The summed E-state index contributed by atoms with van der Waals surface area (Å²) in [6.45, 7) is 10.1. The molecule has 4 aromatic rings. The van der Waals surface area contributed by atoms with Gasteiger partial charge in [-0.3, -0.25) is 4.79 Å². The number of furan rings is 1. The highest BCUT2D eigenvalue weighted by atomic mass is 16.5. The number of benzene rings is 2. The van der Waals surface area contributed by atoms with E-state index in [1.807, 2.05) is 35.2 Å². The van der Waals surface area contributed by atoms with Crippen molar-refractivity contribution in [2.24, 2.45) is 0 Å². The first kappa shape index (κ1) is 23.1. The van der Waals surface area contributed by atoms with Crippen LogP contribution >= 0.6 is 0 Å². The number of amides is 1. The smallest absolute Gasteiger partial charge is 0.270 e. The van der Waals surface area contributed by atoms with Crippen LogP contribution in [0.4, 0.5) is 5.69 Å². The monoisotopic (exact) mass is 471 g/mol. The highest BCUT2D eigenvalue weighted by molar-refractivity contribution is 5.97. The molecule has 0 N–H and O–H groups in total. The number of anilines is 1. The lowest BCUT2D eigenvalue weighted by Gasteiger charge is -2.36. The summed E-state index contributed by atoms with van der Waals surface area (Å²) in [6, 6.07) is 20.5. The molecule has 1 aliphatic heterocycles. The van der Waals surface area contributed by atoms with Gasteiger partial charge in [0.15, 0.2) is 5.58 Å². The van der Waals surface area contributed by atoms with Gasteiger partial charge in [-0.15, -0.1) is 0 Å². The van der Waals surface area contributed by atoms with Gasteiger partial charge in [-0.1, -0.05) is 57.2 Å². The van der Waals surface area contributed by atoms with Crippen LogP contribution in [0, 0.1) is 0 Å². The van der Waals surface area contributed by atoms with E-state index in [0.717, 1.165) is 41.2 Å². The zero-order chi connectivity index (χ0) is 24.6. The molecule has 182 valence electrons. The van der Waals surface area contributed by atoms with E-state index < -0.39 is 0 Å². The molecule has 0 radical (unpaired) electrons. The second-order valence-electron chi connectivity index (χ2n) is 10.2. The number of ether oxygens (including phenoxy) is 1. The Bertz CT molecular complexity index is 1320. The Balaban J connectivity index is 1.35. The largest absolute Gasteiger partial charge is 0.495 e. The van der Waals surface area contributed by atoms with Crippen molar-refractivity contribution in [1.82, 2.24) is 9.47 Å². The third kappa shape index (κ3) is 4.53. The van der Waals surface area contributed by atoms with E-state index in [-0.39, 0.29) is 11.3 Å². The van der Waals surface area contributed by atoms with Gasteiger partial charge in [-0.05, 0) is 28.7 Å². The molecule has 0 bridgehead atoms. The van der Waals surface area contributed by atoms with E-state index in [4.69, 9.17) is 9.15 Å². The molecule has 1 aliphatic rings. The van der Waals surface area contributed by atoms with Crippen molar-refractivity contribution >= 4 is 22.7 Å². The molecular weight excluding hydrogens is 438 g/mol. The highest BCUT2D eigenvalue weighted by Crippen LogP contribution is 2.30. The van der Waals surface area contributed by atoms with Gasteiger partial charge in [0.1, 0.15) is 11.4 Å². The third-order valence-electron chi connectivity index (χ3n) is 6.90. The molecule has 0 atom stereocenters. The van der Waals surface area contributed by atoms with Crippen LogP contribution in [0.5, 0.6) is 5.75 Å². The molecule has 0 aliphatic carbocycles. The van der Waals surface area contributed by atoms with Gasteiger partial charge in [0.05, 0.1) is 24.6 Å². The van der Waals surface area contributed by atoms with Crippen molar-refractivity contribution < 1.29 is 13.9 Å². The van der Waals surface area contributed by atoms with E-state index in [1.165, 1.54) is 5.56 Å². The van der Waals surface area contributed by atoms with E-state index in [1.54, 1.807) is 13.4 Å². The van der Waals surface area contributed by atoms with Crippen LogP contribution < -0.4 is 9.64 Å². The standard InChI is InChI=1S/C29H33N3O3/c1-29(2,3)22-11-9-21(10-12-22)20-32-24-13-18-35-27(24)19-25(32)28(33)31-16-14-30(15-17-31)23-7-5-6-8-26(23)34-4/h5-13,18-19H,14-17,20H2,1-4H3. The first-order valence-corrected chi connectivity index (χ1v) is 12.2. The summed E-state index contributed by atoms with van der Waals surface area (Å²) in [5.74, 6) is 0.904. The van der Waals surface area contributed by atoms with Crippen molar-refractivity contribution in [3.8, 4) is 5.75 Å². The lowest BCUT2D eigenvalue weighted by atomic mass is 9.87. The molecule has 1 amide bonds. The first-order chi connectivity index (χ1) is 16.8. The average Bonchev–Trinajstić information content (AvgIpc) is 3.46. The predicted molar refractivity (Wildman–Crippen MR) is 140 cm³/mol. The van der Waals surface area contributed by atoms with Gasteiger partial charge in [-0.25, -0.2) is 0 Å². The summed E-state index contributed by atoms with van der Waals surface area (Å²) in [6.07, 6.45) is 1.68. The zero-order valence-electron chi connectivity index (χ0n) is 21.0. The van der Waals surface area contributed by atoms with Gasteiger partial charge in [0, 0.05) is 44.9 Å². The molecule has 1 saturated heterocycles. The Morgan fingerprint density at radius 2 is 1.69 bits per heavy atom. The molecule has 2 aromatic heterocycles. The highest BCUT2D eigenvalue weighted by Gasteiger charge is 2.27. The SMILES string of the molecule is COc1ccccc1N1CCN(C(=O)c2cc3occc3n2Cc2ccc(C(C)(C)C)cc2)CC1. The van der Waals surface area contributed by atoms with E-state index in [0.29, 0.717) is 25.3 Å². The van der Waals surface area contributed by atoms with Gasteiger partial charge in [0.2, 0.25) is 0 Å². The second kappa shape index (κ2) is 9.17. The van der Waals surface area contributed by atoms with Crippen molar-refractivity contribution in [2.45, 2.75) is 32.7 Å². The first-order valence-electron chi connectivity index (χ1n) is 12.2. The number of piperazine rings is 1. The summed E-state index contributed by atoms with van der Waals surface area (Å²) in [7, 11) is 1.69. The van der Waals surface area contributed by atoms with Crippen LogP contribution in [0.15, 0.2) is 71.3 Å². The predicted octanol–water partition coefficient (Wildman–Crippen LogP) is 5.55. The summed E-state index contributed by atoms with van der Waals surface area (Å²) < 4.78 is 13.3. The van der Waals surface area contributed by atoms with Crippen LogP contribution in [0.2, 0.25) is 0 Å². The van der Waals surface area contributed by atoms with Crippen molar-refractivity contribution in [2.75, 3.05) is 38.2 Å². The Morgan fingerprint density at radius 1 is 0.971 bits per heavy atom. The number of fused-ring (bicyclic) bond motifs is 1. The average molecular weight is 472 g/mol. The van der Waals surface area contributed by atoms with Gasteiger partial charge in [0.25, 0.3) is 5.91 Å².